The lowest BCUT2D eigenvalue weighted by atomic mass is 10.0. The van der Waals surface area contributed by atoms with Crippen LogP contribution in [0.15, 0.2) is 30.5 Å². The van der Waals surface area contributed by atoms with Gasteiger partial charge >= 0.3 is 0 Å². The third-order valence-corrected chi connectivity index (χ3v) is 6.66. The second-order valence-electron chi connectivity index (χ2n) is 8.87. The number of carbonyl (C=O) groups excluding carboxylic acids is 3. The van der Waals surface area contributed by atoms with Crippen molar-refractivity contribution in [2.45, 2.75) is 31.3 Å². The predicted molar refractivity (Wildman–Crippen MR) is 129 cm³/mol. The Hall–Kier alpha value is -2.62. The van der Waals surface area contributed by atoms with Gasteiger partial charge in [-0.15, -0.1) is 12.4 Å². The lowest BCUT2D eigenvalue weighted by Crippen LogP contribution is -2.58. The standard InChI is InChI=1S/C23H32N6O3.ClH/c1-27-8-5-18(6-9-27)28-10-12-29(13-11-28)23(32)20(15-21(24)30)26-22(31)17-3-2-16-4-7-25-19(16)14-17;/h2-4,7,14,18,20,25H,5-6,8-13,15H2,1H3,(H2,24,30)(H,26,31);1H/t20-;/m1./s1. The van der Waals surface area contributed by atoms with Gasteiger partial charge in [-0.25, -0.2) is 0 Å². The number of hydrogen-bond acceptors (Lipinski definition) is 5. The van der Waals surface area contributed by atoms with Gasteiger partial charge in [0.2, 0.25) is 11.8 Å². The van der Waals surface area contributed by atoms with Gasteiger partial charge in [-0.2, -0.15) is 0 Å². The van der Waals surface area contributed by atoms with E-state index in [9.17, 15) is 14.4 Å². The van der Waals surface area contributed by atoms with Crippen molar-refractivity contribution >= 4 is 41.0 Å². The molecular formula is C23H33ClN6O3. The van der Waals surface area contributed by atoms with Crippen LogP contribution in [0.25, 0.3) is 10.9 Å². The summed E-state index contributed by atoms with van der Waals surface area (Å²) in [7, 11) is 2.15. The van der Waals surface area contributed by atoms with Crippen LogP contribution >= 0.6 is 12.4 Å². The second kappa shape index (κ2) is 11.0. The minimum absolute atomic E-state index is 0. The van der Waals surface area contributed by atoms with Crippen molar-refractivity contribution in [1.82, 2.24) is 25.0 Å². The summed E-state index contributed by atoms with van der Waals surface area (Å²) >= 11 is 0. The number of amides is 3. The van der Waals surface area contributed by atoms with E-state index in [1.165, 1.54) is 0 Å². The first kappa shape index (κ1) is 25.0. The summed E-state index contributed by atoms with van der Waals surface area (Å²) in [6, 6.07) is 6.80. The average Bonchev–Trinajstić information content (AvgIpc) is 3.26. The smallest absolute Gasteiger partial charge is 0.252 e. The van der Waals surface area contributed by atoms with Gasteiger partial charge in [0.1, 0.15) is 6.04 Å². The third-order valence-electron chi connectivity index (χ3n) is 6.66. The zero-order valence-corrected chi connectivity index (χ0v) is 19.8. The van der Waals surface area contributed by atoms with Crippen LogP contribution in [0.3, 0.4) is 0 Å². The van der Waals surface area contributed by atoms with Gasteiger partial charge in [-0.05, 0) is 56.6 Å². The number of halogens is 1. The molecule has 0 aliphatic carbocycles. The summed E-state index contributed by atoms with van der Waals surface area (Å²) in [6.07, 6.45) is 3.88. The Kier molecular flexibility index (Phi) is 8.34. The molecule has 0 spiro atoms. The molecule has 1 aromatic heterocycles. The Bertz CT molecular complexity index is 979. The summed E-state index contributed by atoms with van der Waals surface area (Å²) in [4.78, 5) is 47.2. The molecule has 1 atom stereocenters. The lowest BCUT2D eigenvalue weighted by Gasteiger charge is -2.42. The van der Waals surface area contributed by atoms with Gasteiger partial charge in [0.05, 0.1) is 6.42 Å². The number of benzene rings is 1. The summed E-state index contributed by atoms with van der Waals surface area (Å²) in [5.41, 5.74) is 6.65. The molecule has 33 heavy (non-hydrogen) atoms. The summed E-state index contributed by atoms with van der Waals surface area (Å²) in [6.45, 7) is 4.99. The number of nitrogens with one attached hydrogen (secondary N) is 2. The first-order valence-electron chi connectivity index (χ1n) is 11.3. The molecule has 1 aromatic carbocycles. The largest absolute Gasteiger partial charge is 0.370 e. The molecule has 2 aromatic rings. The molecule has 9 nitrogen and oxygen atoms in total. The number of H-pyrrole nitrogens is 1. The molecule has 0 radical (unpaired) electrons. The SMILES string of the molecule is CN1CCC(N2CCN(C(=O)[C@@H](CC(N)=O)NC(=O)c3ccc4cc[nH]c4c3)CC2)CC1.Cl. The summed E-state index contributed by atoms with van der Waals surface area (Å²) < 4.78 is 0. The molecule has 0 bridgehead atoms. The van der Waals surface area contributed by atoms with E-state index in [0.29, 0.717) is 24.7 Å². The van der Waals surface area contributed by atoms with Crippen LogP contribution in [-0.2, 0) is 9.59 Å². The van der Waals surface area contributed by atoms with Gasteiger partial charge in [0.15, 0.2) is 0 Å². The minimum Gasteiger partial charge on any atom is -0.370 e. The normalized spacial score (nSPS) is 19.1. The van der Waals surface area contributed by atoms with Crippen LogP contribution in [0, 0.1) is 0 Å². The molecule has 3 heterocycles. The van der Waals surface area contributed by atoms with Crippen molar-refractivity contribution < 1.29 is 14.4 Å². The molecule has 2 aliphatic heterocycles. The predicted octanol–water partition coefficient (Wildman–Crippen LogP) is 0.802. The molecule has 4 N–H and O–H groups in total. The van der Waals surface area contributed by atoms with Gasteiger partial charge in [0, 0.05) is 49.5 Å². The maximum atomic E-state index is 13.2. The molecule has 2 saturated heterocycles. The number of hydrogen-bond donors (Lipinski definition) is 3. The monoisotopic (exact) mass is 476 g/mol. The minimum atomic E-state index is -0.964. The fourth-order valence-electron chi connectivity index (χ4n) is 4.72. The first-order chi connectivity index (χ1) is 15.4. The van der Waals surface area contributed by atoms with E-state index < -0.39 is 17.9 Å². The van der Waals surface area contributed by atoms with E-state index in [1.54, 1.807) is 23.2 Å². The number of nitrogens with two attached hydrogens (primary N) is 1. The van der Waals surface area contributed by atoms with Crippen molar-refractivity contribution in [2.24, 2.45) is 5.73 Å². The molecule has 3 amide bonds. The third kappa shape index (κ3) is 6.04. The zero-order chi connectivity index (χ0) is 22.7. The number of fused-ring (bicyclic) bond motifs is 1. The molecular weight excluding hydrogens is 444 g/mol. The van der Waals surface area contributed by atoms with E-state index in [4.69, 9.17) is 5.73 Å². The Morgan fingerprint density at radius 3 is 2.45 bits per heavy atom. The Morgan fingerprint density at radius 1 is 1.09 bits per heavy atom. The average molecular weight is 477 g/mol. The van der Waals surface area contributed by atoms with Crippen LogP contribution in [0.4, 0.5) is 0 Å². The maximum Gasteiger partial charge on any atom is 0.252 e. The fourth-order valence-corrected chi connectivity index (χ4v) is 4.72. The number of piperazine rings is 1. The number of likely N-dealkylation sites (tertiary alicyclic amines) is 1. The fraction of sp³-hybridized carbons (Fsp3) is 0.522. The Morgan fingerprint density at radius 2 is 1.79 bits per heavy atom. The van der Waals surface area contributed by atoms with Gasteiger partial charge in [-0.1, -0.05) is 6.07 Å². The Labute approximate surface area is 200 Å². The Balaban J connectivity index is 0.00000306. The van der Waals surface area contributed by atoms with Gasteiger partial charge in [0.25, 0.3) is 5.91 Å². The van der Waals surface area contributed by atoms with E-state index >= 15 is 0 Å². The highest BCUT2D eigenvalue weighted by Crippen LogP contribution is 2.18. The molecule has 10 heteroatoms. The number of nitrogens with zero attached hydrogens (tertiary/aromatic N) is 3. The number of primary amides is 1. The van der Waals surface area contributed by atoms with Gasteiger partial charge < -0.3 is 25.8 Å². The van der Waals surface area contributed by atoms with Crippen molar-refractivity contribution in [3.8, 4) is 0 Å². The second-order valence-corrected chi connectivity index (χ2v) is 8.87. The molecule has 0 saturated carbocycles. The molecule has 0 unspecified atom stereocenters. The highest BCUT2D eigenvalue weighted by Gasteiger charge is 2.32. The topological polar surface area (TPSA) is 115 Å². The number of aromatic nitrogens is 1. The van der Waals surface area contributed by atoms with E-state index in [-0.39, 0.29) is 24.7 Å². The van der Waals surface area contributed by atoms with Crippen LogP contribution in [-0.4, -0.2) is 95.8 Å². The number of piperidine rings is 1. The molecule has 180 valence electrons. The highest BCUT2D eigenvalue weighted by molar-refractivity contribution is 6.01. The van der Waals surface area contributed by atoms with Crippen LogP contribution in [0.5, 0.6) is 0 Å². The van der Waals surface area contributed by atoms with Crippen molar-refractivity contribution in [2.75, 3.05) is 46.3 Å². The van der Waals surface area contributed by atoms with Crippen LogP contribution in [0.1, 0.15) is 29.6 Å². The number of rotatable bonds is 6. The lowest BCUT2D eigenvalue weighted by molar-refractivity contribution is -0.137. The number of aromatic amines is 1. The van der Waals surface area contributed by atoms with Crippen LogP contribution < -0.4 is 11.1 Å². The van der Waals surface area contributed by atoms with Crippen molar-refractivity contribution in [1.29, 1.82) is 0 Å². The zero-order valence-electron chi connectivity index (χ0n) is 19.0. The van der Waals surface area contributed by atoms with Crippen molar-refractivity contribution in [3.05, 3.63) is 36.0 Å². The van der Waals surface area contributed by atoms with Crippen LogP contribution in [0.2, 0.25) is 0 Å². The quantitative estimate of drug-likeness (QED) is 0.570. The summed E-state index contributed by atoms with van der Waals surface area (Å²) in [5.74, 6) is -1.26. The molecule has 2 fully saturated rings. The van der Waals surface area contributed by atoms with E-state index in [2.05, 4.69) is 27.1 Å². The van der Waals surface area contributed by atoms with Crippen molar-refractivity contribution in [3.63, 3.8) is 0 Å². The summed E-state index contributed by atoms with van der Waals surface area (Å²) in [5, 5.41) is 3.73. The van der Waals surface area contributed by atoms with E-state index in [0.717, 1.165) is 49.9 Å². The van der Waals surface area contributed by atoms with E-state index in [1.807, 2.05) is 12.1 Å². The van der Waals surface area contributed by atoms with Gasteiger partial charge in [-0.3, -0.25) is 19.3 Å². The highest BCUT2D eigenvalue weighted by atomic mass is 35.5. The molecule has 4 rings (SSSR count). The first-order valence-corrected chi connectivity index (χ1v) is 11.3. The molecule has 2 aliphatic rings. The maximum absolute atomic E-state index is 13.2. The number of carbonyl (C=O) groups is 3.